The van der Waals surface area contributed by atoms with Gasteiger partial charge in [0.2, 0.25) is 0 Å². The molecule has 0 atom stereocenters. The van der Waals surface area contributed by atoms with Crippen LogP contribution in [-0.4, -0.2) is 15.7 Å². The van der Waals surface area contributed by atoms with Crippen molar-refractivity contribution in [1.29, 1.82) is 0 Å². The number of aromatic nitrogens is 2. The number of halogens is 1. The van der Waals surface area contributed by atoms with Gasteiger partial charge in [0.05, 0.1) is 17.4 Å². The lowest BCUT2D eigenvalue weighted by molar-refractivity contribution is 0.102. The van der Waals surface area contributed by atoms with Gasteiger partial charge < -0.3 is 11.1 Å². The Bertz CT molecular complexity index is 564. The highest BCUT2D eigenvalue weighted by molar-refractivity contribution is 6.04. The van der Waals surface area contributed by atoms with Crippen LogP contribution in [0.2, 0.25) is 0 Å². The van der Waals surface area contributed by atoms with E-state index in [0.29, 0.717) is 11.3 Å². The van der Waals surface area contributed by atoms with E-state index in [0.717, 1.165) is 6.07 Å². The fourth-order valence-corrected chi connectivity index (χ4v) is 1.37. The Morgan fingerprint density at radius 3 is 2.88 bits per heavy atom. The first-order chi connectivity index (χ1) is 8.06. The fourth-order valence-electron chi connectivity index (χ4n) is 1.37. The highest BCUT2D eigenvalue weighted by Crippen LogP contribution is 2.17. The minimum atomic E-state index is -0.567. The molecule has 0 bridgehead atoms. The number of aryl methyl sites for hydroxylation is 1. The van der Waals surface area contributed by atoms with Gasteiger partial charge in [-0.1, -0.05) is 0 Å². The van der Waals surface area contributed by atoms with Crippen molar-refractivity contribution in [3.05, 3.63) is 42.0 Å². The summed E-state index contributed by atoms with van der Waals surface area (Å²) in [6, 6.07) is 4.08. The van der Waals surface area contributed by atoms with E-state index < -0.39 is 11.7 Å². The van der Waals surface area contributed by atoms with Crippen LogP contribution in [0, 0.1) is 5.82 Å². The molecule has 0 unspecified atom stereocenters. The van der Waals surface area contributed by atoms with Gasteiger partial charge in [-0.2, -0.15) is 5.10 Å². The number of nitrogens with two attached hydrogens (primary N) is 1. The summed E-state index contributed by atoms with van der Waals surface area (Å²) in [6.07, 6.45) is 2.95. The van der Waals surface area contributed by atoms with Crippen molar-refractivity contribution in [2.45, 2.75) is 0 Å². The predicted octanol–water partition coefficient (Wildman–Crippen LogP) is 1.39. The molecule has 1 aromatic heterocycles. The number of nitrogen functional groups attached to an aromatic ring is 1. The third-order valence-corrected chi connectivity index (χ3v) is 2.21. The Labute approximate surface area is 97.0 Å². The summed E-state index contributed by atoms with van der Waals surface area (Å²) < 4.78 is 14.9. The van der Waals surface area contributed by atoms with E-state index in [1.54, 1.807) is 13.2 Å². The minimum Gasteiger partial charge on any atom is -0.399 e. The van der Waals surface area contributed by atoms with Crippen molar-refractivity contribution in [2.75, 3.05) is 11.1 Å². The molecule has 0 spiro atoms. The zero-order valence-corrected chi connectivity index (χ0v) is 9.14. The van der Waals surface area contributed by atoms with Crippen molar-refractivity contribution < 1.29 is 9.18 Å². The summed E-state index contributed by atoms with van der Waals surface area (Å²) in [5, 5.41) is 6.30. The number of carbonyl (C=O) groups excluding carboxylic acids is 1. The molecule has 0 aliphatic rings. The van der Waals surface area contributed by atoms with Gasteiger partial charge in [0.25, 0.3) is 5.91 Å². The van der Waals surface area contributed by atoms with E-state index in [1.807, 2.05) is 0 Å². The molecule has 0 saturated heterocycles. The van der Waals surface area contributed by atoms with Crippen LogP contribution in [0.4, 0.5) is 15.8 Å². The molecule has 1 heterocycles. The van der Waals surface area contributed by atoms with Gasteiger partial charge in [-0.25, -0.2) is 4.39 Å². The molecule has 0 fully saturated rings. The lowest BCUT2D eigenvalue weighted by atomic mass is 10.2. The molecule has 17 heavy (non-hydrogen) atoms. The SMILES string of the molecule is Cn1cc(C(=O)Nc2ccc(N)cc2F)cn1. The largest absolute Gasteiger partial charge is 0.399 e. The zero-order chi connectivity index (χ0) is 12.4. The second-order valence-corrected chi connectivity index (χ2v) is 3.60. The molecule has 88 valence electrons. The van der Waals surface area contributed by atoms with Crippen LogP contribution in [0.1, 0.15) is 10.4 Å². The first-order valence-electron chi connectivity index (χ1n) is 4.91. The number of anilines is 2. The summed E-state index contributed by atoms with van der Waals surface area (Å²) in [7, 11) is 1.70. The Morgan fingerprint density at radius 2 is 2.29 bits per heavy atom. The highest BCUT2D eigenvalue weighted by Gasteiger charge is 2.10. The summed E-state index contributed by atoms with van der Waals surface area (Å²) in [5.41, 5.74) is 6.17. The number of hydrogen-bond donors (Lipinski definition) is 2. The summed E-state index contributed by atoms with van der Waals surface area (Å²) in [6.45, 7) is 0. The summed E-state index contributed by atoms with van der Waals surface area (Å²) in [5.74, 6) is -0.982. The number of nitrogens with zero attached hydrogens (tertiary/aromatic N) is 2. The Hall–Kier alpha value is -2.37. The molecule has 0 aliphatic heterocycles. The van der Waals surface area contributed by atoms with Gasteiger partial charge in [-0.3, -0.25) is 9.48 Å². The van der Waals surface area contributed by atoms with Crippen LogP contribution in [0.25, 0.3) is 0 Å². The first kappa shape index (κ1) is 11.1. The average molecular weight is 234 g/mol. The Morgan fingerprint density at radius 1 is 1.53 bits per heavy atom. The second-order valence-electron chi connectivity index (χ2n) is 3.60. The van der Waals surface area contributed by atoms with Crippen molar-refractivity contribution in [1.82, 2.24) is 9.78 Å². The van der Waals surface area contributed by atoms with Crippen molar-refractivity contribution in [3.8, 4) is 0 Å². The molecule has 6 heteroatoms. The first-order valence-corrected chi connectivity index (χ1v) is 4.91. The van der Waals surface area contributed by atoms with Crippen molar-refractivity contribution in [3.63, 3.8) is 0 Å². The van der Waals surface area contributed by atoms with Crippen LogP contribution in [0.3, 0.4) is 0 Å². The van der Waals surface area contributed by atoms with Crippen LogP contribution >= 0.6 is 0 Å². The van der Waals surface area contributed by atoms with Crippen molar-refractivity contribution in [2.24, 2.45) is 7.05 Å². The quantitative estimate of drug-likeness (QED) is 0.771. The fraction of sp³-hybridized carbons (Fsp3) is 0.0909. The van der Waals surface area contributed by atoms with E-state index in [2.05, 4.69) is 10.4 Å². The molecule has 0 radical (unpaired) electrons. The van der Waals surface area contributed by atoms with Gasteiger partial charge in [-0.05, 0) is 18.2 Å². The maximum absolute atomic E-state index is 13.4. The van der Waals surface area contributed by atoms with E-state index in [4.69, 9.17) is 5.73 Å². The van der Waals surface area contributed by atoms with E-state index in [-0.39, 0.29) is 5.69 Å². The van der Waals surface area contributed by atoms with Crippen LogP contribution in [-0.2, 0) is 7.05 Å². The molecular formula is C11H11FN4O. The van der Waals surface area contributed by atoms with Gasteiger partial charge in [-0.15, -0.1) is 0 Å². The van der Waals surface area contributed by atoms with Gasteiger partial charge in [0, 0.05) is 18.9 Å². The Balaban J connectivity index is 2.18. The minimum absolute atomic E-state index is 0.0908. The van der Waals surface area contributed by atoms with Crippen LogP contribution in [0.5, 0.6) is 0 Å². The molecule has 5 nitrogen and oxygen atoms in total. The van der Waals surface area contributed by atoms with Crippen LogP contribution < -0.4 is 11.1 Å². The molecule has 1 amide bonds. The molecule has 3 N–H and O–H groups in total. The molecule has 0 aliphatic carbocycles. The topological polar surface area (TPSA) is 72.9 Å². The number of amides is 1. The molecule has 2 rings (SSSR count). The van der Waals surface area contributed by atoms with Crippen molar-refractivity contribution >= 4 is 17.3 Å². The molecular weight excluding hydrogens is 223 g/mol. The lowest BCUT2D eigenvalue weighted by Crippen LogP contribution is -2.12. The van der Waals surface area contributed by atoms with E-state index >= 15 is 0 Å². The zero-order valence-electron chi connectivity index (χ0n) is 9.14. The monoisotopic (exact) mass is 234 g/mol. The third-order valence-electron chi connectivity index (χ3n) is 2.21. The second kappa shape index (κ2) is 4.25. The van der Waals surface area contributed by atoms with Gasteiger partial charge >= 0.3 is 0 Å². The number of nitrogens with one attached hydrogen (secondary N) is 1. The lowest BCUT2D eigenvalue weighted by Gasteiger charge is -2.05. The maximum Gasteiger partial charge on any atom is 0.258 e. The average Bonchev–Trinajstić information content (AvgIpc) is 2.69. The van der Waals surface area contributed by atoms with Gasteiger partial charge in [0.15, 0.2) is 0 Å². The Kier molecular flexibility index (Phi) is 2.78. The molecule has 0 saturated carbocycles. The van der Waals surface area contributed by atoms with Crippen LogP contribution in [0.15, 0.2) is 30.6 Å². The number of hydrogen-bond acceptors (Lipinski definition) is 3. The maximum atomic E-state index is 13.4. The van der Waals surface area contributed by atoms with E-state index in [9.17, 15) is 9.18 Å². The number of carbonyl (C=O) groups is 1. The normalized spacial score (nSPS) is 10.2. The smallest absolute Gasteiger partial charge is 0.258 e. The highest BCUT2D eigenvalue weighted by atomic mass is 19.1. The number of rotatable bonds is 2. The van der Waals surface area contributed by atoms with E-state index in [1.165, 1.54) is 23.0 Å². The predicted molar refractivity (Wildman–Crippen MR) is 62.0 cm³/mol. The summed E-state index contributed by atoms with van der Waals surface area (Å²) >= 11 is 0. The standard InChI is InChI=1S/C11H11FN4O/c1-16-6-7(5-14-16)11(17)15-10-3-2-8(13)4-9(10)12/h2-6H,13H2,1H3,(H,15,17). The molecule has 1 aromatic carbocycles. The number of benzene rings is 1. The molecule has 2 aromatic rings. The van der Waals surface area contributed by atoms with Gasteiger partial charge in [0.1, 0.15) is 5.82 Å². The summed E-state index contributed by atoms with van der Waals surface area (Å²) in [4.78, 5) is 11.7. The third kappa shape index (κ3) is 2.41.